The van der Waals surface area contributed by atoms with Gasteiger partial charge in [-0.2, -0.15) is 0 Å². The molecule has 1 aliphatic rings. The maximum Gasteiger partial charge on any atom is 0.308 e. The van der Waals surface area contributed by atoms with E-state index in [0.717, 1.165) is 6.42 Å². The van der Waals surface area contributed by atoms with Crippen molar-refractivity contribution in [2.75, 3.05) is 0 Å². The topological polar surface area (TPSA) is 26.3 Å². The second kappa shape index (κ2) is 3.13. The average Bonchev–Trinajstić information content (AvgIpc) is 1.93. The molecular formula is C10H14O2. The summed E-state index contributed by atoms with van der Waals surface area (Å²) < 4.78 is 4.92. The molecule has 0 bridgehead atoms. The van der Waals surface area contributed by atoms with Crippen molar-refractivity contribution in [1.82, 2.24) is 0 Å². The Kier molecular flexibility index (Phi) is 2.36. The number of rotatable bonds is 1. The highest BCUT2D eigenvalue weighted by atomic mass is 16.5. The van der Waals surface area contributed by atoms with Gasteiger partial charge < -0.3 is 4.74 Å². The minimum atomic E-state index is -0.259. The van der Waals surface area contributed by atoms with E-state index in [1.165, 1.54) is 6.92 Å². The lowest BCUT2D eigenvalue weighted by molar-refractivity contribution is -0.136. The number of esters is 1. The van der Waals surface area contributed by atoms with Crippen molar-refractivity contribution in [2.24, 2.45) is 5.41 Å². The highest BCUT2D eigenvalue weighted by Gasteiger charge is 2.16. The van der Waals surface area contributed by atoms with Crippen molar-refractivity contribution in [3.05, 3.63) is 24.0 Å². The predicted molar refractivity (Wildman–Crippen MR) is 47.4 cm³/mol. The van der Waals surface area contributed by atoms with Gasteiger partial charge in [-0.05, 0) is 24.0 Å². The van der Waals surface area contributed by atoms with Crippen molar-refractivity contribution in [1.29, 1.82) is 0 Å². The number of carbonyl (C=O) groups is 1. The Morgan fingerprint density at radius 3 is 2.67 bits per heavy atom. The van der Waals surface area contributed by atoms with Crippen molar-refractivity contribution in [2.45, 2.75) is 27.2 Å². The van der Waals surface area contributed by atoms with Crippen LogP contribution in [0.2, 0.25) is 0 Å². The number of allylic oxidation sites excluding steroid dienone is 3. The molecule has 0 aliphatic heterocycles. The first-order chi connectivity index (χ1) is 5.49. The molecule has 0 aromatic carbocycles. The molecule has 0 saturated heterocycles. The maximum absolute atomic E-state index is 10.6. The summed E-state index contributed by atoms with van der Waals surface area (Å²) in [6.45, 7) is 5.70. The molecule has 0 radical (unpaired) electrons. The first kappa shape index (κ1) is 9.04. The largest absolute Gasteiger partial charge is 0.427 e. The van der Waals surface area contributed by atoms with Crippen LogP contribution in [-0.2, 0) is 9.53 Å². The fourth-order valence-electron chi connectivity index (χ4n) is 1.05. The molecule has 0 aromatic heterocycles. The molecule has 0 fully saturated rings. The van der Waals surface area contributed by atoms with Gasteiger partial charge in [-0.25, -0.2) is 0 Å². The third kappa shape index (κ3) is 2.53. The van der Waals surface area contributed by atoms with Crippen molar-refractivity contribution >= 4 is 5.97 Å². The monoisotopic (exact) mass is 166 g/mol. The number of hydrogen-bond acceptors (Lipinski definition) is 2. The van der Waals surface area contributed by atoms with Crippen LogP contribution < -0.4 is 0 Å². The van der Waals surface area contributed by atoms with Crippen LogP contribution in [-0.4, -0.2) is 5.97 Å². The van der Waals surface area contributed by atoms with Gasteiger partial charge in [-0.3, -0.25) is 4.79 Å². The third-order valence-corrected chi connectivity index (χ3v) is 1.79. The SMILES string of the molecule is CC(=O)OC1=CCC(C)(C)C=C1. The zero-order valence-corrected chi connectivity index (χ0v) is 7.76. The van der Waals surface area contributed by atoms with Gasteiger partial charge in [0.25, 0.3) is 0 Å². The van der Waals surface area contributed by atoms with Gasteiger partial charge in [0, 0.05) is 6.92 Å². The Morgan fingerprint density at radius 1 is 1.58 bits per heavy atom. The van der Waals surface area contributed by atoms with Crippen molar-refractivity contribution in [3.63, 3.8) is 0 Å². The molecule has 12 heavy (non-hydrogen) atoms. The minimum Gasteiger partial charge on any atom is -0.427 e. The Morgan fingerprint density at radius 2 is 2.25 bits per heavy atom. The van der Waals surface area contributed by atoms with Crippen LogP contribution in [0.15, 0.2) is 24.0 Å². The Labute approximate surface area is 72.9 Å². The van der Waals surface area contributed by atoms with Crippen molar-refractivity contribution in [3.8, 4) is 0 Å². The van der Waals surface area contributed by atoms with Crippen LogP contribution in [0.5, 0.6) is 0 Å². The maximum atomic E-state index is 10.6. The lowest BCUT2D eigenvalue weighted by atomic mass is 9.86. The summed E-state index contributed by atoms with van der Waals surface area (Å²) in [7, 11) is 0. The molecule has 0 atom stereocenters. The van der Waals surface area contributed by atoms with Gasteiger partial charge in [-0.15, -0.1) is 0 Å². The van der Waals surface area contributed by atoms with E-state index in [-0.39, 0.29) is 11.4 Å². The van der Waals surface area contributed by atoms with E-state index < -0.39 is 0 Å². The second-order valence-corrected chi connectivity index (χ2v) is 3.73. The summed E-state index contributed by atoms with van der Waals surface area (Å²) in [5, 5.41) is 0. The third-order valence-electron chi connectivity index (χ3n) is 1.79. The van der Waals surface area contributed by atoms with Gasteiger partial charge in [0.05, 0.1) is 0 Å². The molecule has 1 rings (SSSR count). The fraction of sp³-hybridized carbons (Fsp3) is 0.500. The summed E-state index contributed by atoms with van der Waals surface area (Å²) in [4.78, 5) is 10.6. The molecule has 2 nitrogen and oxygen atoms in total. The molecule has 0 N–H and O–H groups in total. The zero-order valence-electron chi connectivity index (χ0n) is 7.76. The first-order valence-electron chi connectivity index (χ1n) is 4.07. The highest BCUT2D eigenvalue weighted by molar-refractivity contribution is 5.67. The Hall–Kier alpha value is -1.05. The van der Waals surface area contributed by atoms with Gasteiger partial charge in [-0.1, -0.05) is 19.9 Å². The molecular weight excluding hydrogens is 152 g/mol. The first-order valence-corrected chi connectivity index (χ1v) is 4.07. The standard InChI is InChI=1S/C10H14O2/c1-8(11)12-9-4-6-10(2,3)7-5-9/h4-6H,7H2,1-3H3. The van der Waals surface area contributed by atoms with Crippen LogP contribution >= 0.6 is 0 Å². The van der Waals surface area contributed by atoms with E-state index in [0.29, 0.717) is 5.76 Å². The van der Waals surface area contributed by atoms with Gasteiger partial charge in [0.1, 0.15) is 5.76 Å². The van der Waals surface area contributed by atoms with Gasteiger partial charge in [0.15, 0.2) is 0 Å². The molecule has 66 valence electrons. The molecule has 1 aliphatic carbocycles. The highest BCUT2D eigenvalue weighted by Crippen LogP contribution is 2.28. The summed E-state index contributed by atoms with van der Waals surface area (Å²) in [6.07, 6.45) is 6.78. The van der Waals surface area contributed by atoms with Gasteiger partial charge in [0.2, 0.25) is 0 Å². The van der Waals surface area contributed by atoms with Gasteiger partial charge >= 0.3 is 5.97 Å². The summed E-state index contributed by atoms with van der Waals surface area (Å²) in [5.74, 6) is 0.410. The number of carbonyl (C=O) groups excluding carboxylic acids is 1. The van der Waals surface area contributed by atoms with E-state index in [1.807, 2.05) is 12.2 Å². The number of hydrogen-bond donors (Lipinski definition) is 0. The molecule has 2 heteroatoms. The molecule has 0 spiro atoms. The lowest BCUT2D eigenvalue weighted by Gasteiger charge is -2.21. The molecule has 0 saturated carbocycles. The summed E-state index contributed by atoms with van der Waals surface area (Å²) in [6, 6.07) is 0. The van der Waals surface area contributed by atoms with E-state index in [1.54, 1.807) is 0 Å². The molecule has 0 aromatic rings. The fourth-order valence-corrected chi connectivity index (χ4v) is 1.05. The molecule has 0 amide bonds. The van der Waals surface area contributed by atoms with Crippen LogP contribution in [0.1, 0.15) is 27.2 Å². The van der Waals surface area contributed by atoms with E-state index in [2.05, 4.69) is 19.9 Å². The van der Waals surface area contributed by atoms with Crippen LogP contribution in [0, 0.1) is 5.41 Å². The normalized spacial score (nSPS) is 20.1. The molecule has 0 unspecified atom stereocenters. The lowest BCUT2D eigenvalue weighted by Crippen LogP contribution is -2.10. The second-order valence-electron chi connectivity index (χ2n) is 3.73. The Balaban J connectivity index is 2.58. The predicted octanol–water partition coefficient (Wildman–Crippen LogP) is 2.42. The summed E-state index contributed by atoms with van der Waals surface area (Å²) >= 11 is 0. The number of ether oxygens (including phenoxy) is 1. The van der Waals surface area contributed by atoms with Crippen LogP contribution in [0.3, 0.4) is 0 Å². The minimum absolute atomic E-state index is 0.198. The smallest absolute Gasteiger partial charge is 0.308 e. The van der Waals surface area contributed by atoms with E-state index in [4.69, 9.17) is 4.74 Å². The summed E-state index contributed by atoms with van der Waals surface area (Å²) in [5.41, 5.74) is 0.198. The van der Waals surface area contributed by atoms with Crippen LogP contribution in [0.4, 0.5) is 0 Å². The zero-order chi connectivity index (χ0) is 9.19. The quantitative estimate of drug-likeness (QED) is 0.559. The van der Waals surface area contributed by atoms with E-state index in [9.17, 15) is 4.79 Å². The van der Waals surface area contributed by atoms with Crippen LogP contribution in [0.25, 0.3) is 0 Å². The van der Waals surface area contributed by atoms with Crippen molar-refractivity contribution < 1.29 is 9.53 Å². The van der Waals surface area contributed by atoms with E-state index >= 15 is 0 Å². The Bertz CT molecular complexity index is 247. The molecule has 0 heterocycles. The average molecular weight is 166 g/mol.